The van der Waals surface area contributed by atoms with Gasteiger partial charge in [-0.25, -0.2) is 4.39 Å². The fourth-order valence-corrected chi connectivity index (χ4v) is 3.20. The molecule has 1 aliphatic heterocycles. The second-order valence-corrected chi connectivity index (χ2v) is 6.13. The summed E-state index contributed by atoms with van der Waals surface area (Å²) in [4.78, 5) is 4.75. The van der Waals surface area contributed by atoms with E-state index in [2.05, 4.69) is 39.7 Å². The van der Waals surface area contributed by atoms with Crippen molar-refractivity contribution < 1.29 is 4.39 Å². The predicted molar refractivity (Wildman–Crippen MR) is 79.6 cm³/mol. The lowest BCUT2D eigenvalue weighted by molar-refractivity contribution is 0.0635. The van der Waals surface area contributed by atoms with Crippen LogP contribution in [0.2, 0.25) is 0 Å². The normalized spacial score (nSPS) is 23.5. The third kappa shape index (κ3) is 3.34. The van der Waals surface area contributed by atoms with Crippen molar-refractivity contribution in [2.45, 2.75) is 19.0 Å². The van der Waals surface area contributed by atoms with Gasteiger partial charge in [0.25, 0.3) is 0 Å². The van der Waals surface area contributed by atoms with Crippen LogP contribution in [0.3, 0.4) is 0 Å². The molecular formula is C14H21BrFN3. The highest BCUT2D eigenvalue weighted by Crippen LogP contribution is 2.27. The first kappa shape index (κ1) is 14.9. The molecule has 2 N–H and O–H groups in total. The Balaban J connectivity index is 2.21. The first-order valence-corrected chi connectivity index (χ1v) is 7.41. The smallest absolute Gasteiger partial charge is 0.137 e. The SMILES string of the molecule is CC1CN(C)CCN1C(CN)c1ccc(F)c(Br)c1. The maximum absolute atomic E-state index is 13.3. The highest BCUT2D eigenvalue weighted by molar-refractivity contribution is 9.10. The molecule has 2 rings (SSSR count). The lowest BCUT2D eigenvalue weighted by atomic mass is 10.0. The molecule has 0 amide bonds. The van der Waals surface area contributed by atoms with E-state index in [1.807, 2.05) is 12.1 Å². The Morgan fingerprint density at radius 1 is 1.47 bits per heavy atom. The van der Waals surface area contributed by atoms with Crippen LogP contribution in [0.4, 0.5) is 4.39 Å². The molecule has 3 nitrogen and oxygen atoms in total. The van der Waals surface area contributed by atoms with Crippen LogP contribution in [0.1, 0.15) is 18.5 Å². The quantitative estimate of drug-likeness (QED) is 0.922. The zero-order chi connectivity index (χ0) is 14.0. The predicted octanol–water partition coefficient (Wildman–Crippen LogP) is 2.22. The number of halogens is 2. The van der Waals surface area contributed by atoms with E-state index in [0.717, 1.165) is 25.2 Å². The van der Waals surface area contributed by atoms with E-state index in [-0.39, 0.29) is 11.9 Å². The summed E-state index contributed by atoms with van der Waals surface area (Å²) >= 11 is 3.25. The molecule has 0 aromatic heterocycles. The van der Waals surface area contributed by atoms with Gasteiger partial charge in [-0.2, -0.15) is 0 Å². The molecule has 1 aromatic rings. The Morgan fingerprint density at radius 2 is 2.21 bits per heavy atom. The second-order valence-electron chi connectivity index (χ2n) is 5.27. The van der Waals surface area contributed by atoms with Gasteiger partial charge in [-0.15, -0.1) is 0 Å². The molecule has 106 valence electrons. The maximum Gasteiger partial charge on any atom is 0.137 e. The molecule has 0 saturated carbocycles. The van der Waals surface area contributed by atoms with Crippen LogP contribution in [0.15, 0.2) is 22.7 Å². The van der Waals surface area contributed by atoms with Crippen LogP contribution in [0.25, 0.3) is 0 Å². The zero-order valence-electron chi connectivity index (χ0n) is 11.4. The second kappa shape index (κ2) is 6.31. The molecule has 1 heterocycles. The Labute approximate surface area is 122 Å². The van der Waals surface area contributed by atoms with E-state index in [1.165, 1.54) is 6.07 Å². The molecule has 2 atom stereocenters. The molecule has 2 unspecified atom stereocenters. The van der Waals surface area contributed by atoms with Gasteiger partial charge in [-0.3, -0.25) is 4.90 Å². The molecule has 1 aromatic carbocycles. The lowest BCUT2D eigenvalue weighted by Crippen LogP contribution is -2.52. The Morgan fingerprint density at radius 3 is 2.79 bits per heavy atom. The highest BCUT2D eigenvalue weighted by atomic mass is 79.9. The minimum atomic E-state index is -0.231. The minimum Gasteiger partial charge on any atom is -0.329 e. The van der Waals surface area contributed by atoms with Crippen LogP contribution in [-0.2, 0) is 0 Å². The first-order valence-electron chi connectivity index (χ1n) is 6.62. The van der Waals surface area contributed by atoms with E-state index in [1.54, 1.807) is 0 Å². The van der Waals surface area contributed by atoms with Gasteiger partial charge in [0.05, 0.1) is 4.47 Å². The van der Waals surface area contributed by atoms with Crippen molar-refractivity contribution in [1.82, 2.24) is 9.80 Å². The fourth-order valence-electron chi connectivity index (χ4n) is 2.80. The minimum absolute atomic E-state index is 0.153. The molecule has 0 radical (unpaired) electrons. The number of benzene rings is 1. The van der Waals surface area contributed by atoms with Crippen molar-refractivity contribution in [3.05, 3.63) is 34.1 Å². The largest absolute Gasteiger partial charge is 0.329 e. The number of hydrogen-bond donors (Lipinski definition) is 1. The van der Waals surface area contributed by atoms with E-state index < -0.39 is 0 Å². The molecule has 5 heteroatoms. The number of piperazine rings is 1. The van der Waals surface area contributed by atoms with Crippen LogP contribution < -0.4 is 5.73 Å². The zero-order valence-corrected chi connectivity index (χ0v) is 13.0. The molecule has 0 spiro atoms. The third-order valence-electron chi connectivity index (χ3n) is 3.83. The van der Waals surface area contributed by atoms with Crippen molar-refractivity contribution in [1.29, 1.82) is 0 Å². The summed E-state index contributed by atoms with van der Waals surface area (Å²) in [6.07, 6.45) is 0. The number of hydrogen-bond acceptors (Lipinski definition) is 3. The van der Waals surface area contributed by atoms with E-state index in [4.69, 9.17) is 5.73 Å². The van der Waals surface area contributed by atoms with Crippen molar-refractivity contribution in [3.63, 3.8) is 0 Å². The topological polar surface area (TPSA) is 32.5 Å². The average molecular weight is 330 g/mol. The van der Waals surface area contributed by atoms with E-state index >= 15 is 0 Å². The van der Waals surface area contributed by atoms with Crippen LogP contribution in [0.5, 0.6) is 0 Å². The van der Waals surface area contributed by atoms with E-state index in [9.17, 15) is 4.39 Å². The van der Waals surface area contributed by atoms with Gasteiger partial charge in [-0.1, -0.05) is 6.07 Å². The summed E-state index contributed by atoms with van der Waals surface area (Å²) in [7, 11) is 2.14. The summed E-state index contributed by atoms with van der Waals surface area (Å²) in [5, 5.41) is 0. The lowest BCUT2D eigenvalue weighted by Gasteiger charge is -2.42. The van der Waals surface area contributed by atoms with Gasteiger partial charge >= 0.3 is 0 Å². The van der Waals surface area contributed by atoms with Crippen molar-refractivity contribution in [2.24, 2.45) is 5.73 Å². The first-order chi connectivity index (χ1) is 9.02. The molecular weight excluding hydrogens is 309 g/mol. The number of nitrogens with two attached hydrogens (primary N) is 1. The summed E-state index contributed by atoms with van der Waals surface area (Å²) in [6, 6.07) is 5.79. The molecule has 19 heavy (non-hydrogen) atoms. The third-order valence-corrected chi connectivity index (χ3v) is 4.44. The summed E-state index contributed by atoms with van der Waals surface area (Å²) in [5.74, 6) is -0.231. The van der Waals surface area contributed by atoms with Crippen molar-refractivity contribution >= 4 is 15.9 Å². The standard InChI is InChI=1S/C14H21BrFN3/c1-10-9-18(2)5-6-19(10)14(8-17)11-3-4-13(16)12(15)7-11/h3-4,7,10,14H,5-6,8-9,17H2,1-2H3. The van der Waals surface area contributed by atoms with Gasteiger partial charge in [0, 0.05) is 38.3 Å². The monoisotopic (exact) mass is 329 g/mol. The molecule has 1 saturated heterocycles. The van der Waals surface area contributed by atoms with Gasteiger partial charge in [0.15, 0.2) is 0 Å². The molecule has 1 aliphatic rings. The molecule has 1 fully saturated rings. The Hall–Kier alpha value is -0.490. The van der Waals surface area contributed by atoms with Gasteiger partial charge in [0.2, 0.25) is 0 Å². The Kier molecular flexibility index (Phi) is 4.95. The summed E-state index contributed by atoms with van der Waals surface area (Å²) in [5.41, 5.74) is 7.03. The summed E-state index contributed by atoms with van der Waals surface area (Å²) in [6.45, 7) is 5.85. The van der Waals surface area contributed by atoms with Gasteiger partial charge < -0.3 is 10.6 Å². The Bertz CT molecular complexity index is 441. The van der Waals surface area contributed by atoms with Crippen molar-refractivity contribution in [3.8, 4) is 0 Å². The highest BCUT2D eigenvalue weighted by Gasteiger charge is 2.28. The molecule has 0 bridgehead atoms. The fraction of sp³-hybridized carbons (Fsp3) is 0.571. The summed E-state index contributed by atoms with van der Waals surface area (Å²) < 4.78 is 13.8. The van der Waals surface area contributed by atoms with Crippen molar-refractivity contribution in [2.75, 3.05) is 33.2 Å². The van der Waals surface area contributed by atoms with Crippen LogP contribution >= 0.6 is 15.9 Å². The van der Waals surface area contributed by atoms with Crippen LogP contribution in [-0.4, -0.2) is 49.1 Å². The maximum atomic E-state index is 13.3. The van der Waals surface area contributed by atoms with Gasteiger partial charge in [-0.05, 0) is 47.6 Å². The van der Waals surface area contributed by atoms with Crippen LogP contribution in [0, 0.1) is 5.82 Å². The number of rotatable bonds is 3. The average Bonchev–Trinajstić information content (AvgIpc) is 2.37. The van der Waals surface area contributed by atoms with E-state index in [0.29, 0.717) is 17.1 Å². The molecule has 0 aliphatic carbocycles. The number of likely N-dealkylation sites (N-methyl/N-ethyl adjacent to an activating group) is 1. The van der Waals surface area contributed by atoms with Gasteiger partial charge in [0.1, 0.15) is 5.82 Å². The number of nitrogens with zero attached hydrogens (tertiary/aromatic N) is 2.